The lowest BCUT2D eigenvalue weighted by molar-refractivity contribution is -0.0538. The van der Waals surface area contributed by atoms with Crippen LogP contribution in [0, 0.1) is 23.6 Å². The molecule has 4 heteroatoms. The summed E-state index contributed by atoms with van der Waals surface area (Å²) in [5.41, 5.74) is 0.688. The number of para-hydroxylation sites is 1. The lowest BCUT2D eigenvalue weighted by Gasteiger charge is -2.60. The van der Waals surface area contributed by atoms with Gasteiger partial charge in [0.15, 0.2) is 5.11 Å². The minimum absolute atomic E-state index is 0.212. The van der Waals surface area contributed by atoms with E-state index in [1.54, 1.807) is 12.1 Å². The van der Waals surface area contributed by atoms with Crippen LogP contribution < -0.4 is 5.32 Å². The first-order chi connectivity index (χ1) is 10.6. The highest BCUT2D eigenvalue weighted by molar-refractivity contribution is 7.80. The molecule has 0 amide bonds. The van der Waals surface area contributed by atoms with Gasteiger partial charge in [-0.3, -0.25) is 0 Å². The second kappa shape index (κ2) is 5.19. The Morgan fingerprint density at radius 2 is 1.68 bits per heavy atom. The number of hydrogen-bond donors (Lipinski definition) is 1. The molecule has 4 fully saturated rings. The molecule has 0 heterocycles. The molecule has 4 saturated carbocycles. The molecule has 22 heavy (non-hydrogen) atoms. The summed E-state index contributed by atoms with van der Waals surface area (Å²) in [6.45, 7) is 0. The summed E-state index contributed by atoms with van der Waals surface area (Å²) in [4.78, 5) is 2.25. The molecule has 2 nitrogen and oxygen atoms in total. The number of benzene rings is 1. The first-order valence-corrected chi connectivity index (χ1v) is 8.76. The number of nitrogens with one attached hydrogen (secondary N) is 1. The van der Waals surface area contributed by atoms with Gasteiger partial charge in [-0.1, -0.05) is 12.1 Å². The van der Waals surface area contributed by atoms with Crippen LogP contribution in [0.1, 0.15) is 38.5 Å². The monoisotopic (exact) mass is 318 g/mol. The van der Waals surface area contributed by atoms with Crippen LogP contribution in [-0.4, -0.2) is 22.6 Å². The number of nitrogens with zero attached hydrogens (tertiary/aromatic N) is 1. The SMILES string of the molecule is CN(C(=S)Nc1ccccc1F)C12CC3CC(CC(C3)C1)C2. The maximum atomic E-state index is 13.8. The Morgan fingerprint density at radius 1 is 1.14 bits per heavy atom. The Kier molecular flexibility index (Phi) is 3.40. The van der Waals surface area contributed by atoms with Crippen LogP contribution in [0.15, 0.2) is 24.3 Å². The minimum atomic E-state index is -0.247. The van der Waals surface area contributed by atoms with Gasteiger partial charge in [0.2, 0.25) is 0 Å². The number of halogens is 1. The topological polar surface area (TPSA) is 15.3 Å². The third kappa shape index (κ3) is 2.32. The Morgan fingerprint density at radius 3 is 2.23 bits per heavy atom. The maximum Gasteiger partial charge on any atom is 0.173 e. The average Bonchev–Trinajstić information content (AvgIpc) is 2.47. The maximum absolute atomic E-state index is 13.8. The fourth-order valence-corrected chi connectivity index (χ4v) is 5.76. The molecule has 0 spiro atoms. The highest BCUT2D eigenvalue weighted by Gasteiger charge is 2.53. The van der Waals surface area contributed by atoms with Gasteiger partial charge < -0.3 is 10.2 Å². The zero-order chi connectivity index (χ0) is 15.3. The molecule has 0 aliphatic heterocycles. The predicted octanol–water partition coefficient (Wildman–Crippen LogP) is 4.42. The van der Waals surface area contributed by atoms with Gasteiger partial charge in [-0.2, -0.15) is 0 Å². The van der Waals surface area contributed by atoms with Crippen LogP contribution in [0.4, 0.5) is 10.1 Å². The van der Waals surface area contributed by atoms with Gasteiger partial charge in [-0.15, -0.1) is 0 Å². The summed E-state index contributed by atoms with van der Waals surface area (Å²) >= 11 is 5.60. The molecule has 118 valence electrons. The van der Waals surface area contributed by atoms with E-state index in [9.17, 15) is 4.39 Å². The molecule has 0 saturated heterocycles. The van der Waals surface area contributed by atoms with Crippen molar-refractivity contribution in [2.45, 2.75) is 44.1 Å². The van der Waals surface area contributed by atoms with Crippen molar-refractivity contribution in [2.75, 3.05) is 12.4 Å². The van der Waals surface area contributed by atoms with Gasteiger partial charge in [0.1, 0.15) is 5.82 Å². The molecule has 0 radical (unpaired) electrons. The van der Waals surface area contributed by atoms with Gasteiger partial charge in [-0.05, 0) is 80.6 Å². The summed E-state index contributed by atoms with van der Waals surface area (Å²) in [6.07, 6.45) is 8.03. The van der Waals surface area contributed by atoms with Gasteiger partial charge in [-0.25, -0.2) is 4.39 Å². The molecule has 1 aromatic carbocycles. The van der Waals surface area contributed by atoms with Crippen LogP contribution in [0.3, 0.4) is 0 Å². The van der Waals surface area contributed by atoms with Crippen LogP contribution >= 0.6 is 12.2 Å². The highest BCUT2D eigenvalue weighted by atomic mass is 32.1. The van der Waals surface area contributed by atoms with Crippen LogP contribution in [0.5, 0.6) is 0 Å². The molecule has 4 aliphatic rings. The Bertz CT molecular complexity index is 565. The van der Waals surface area contributed by atoms with Crippen molar-refractivity contribution in [2.24, 2.45) is 17.8 Å². The molecule has 4 aliphatic carbocycles. The fourth-order valence-electron chi connectivity index (χ4n) is 5.45. The van der Waals surface area contributed by atoms with Crippen molar-refractivity contribution < 1.29 is 4.39 Å². The molecule has 1 aromatic rings. The normalized spacial score (nSPS) is 35.5. The van der Waals surface area contributed by atoms with E-state index >= 15 is 0 Å². The van der Waals surface area contributed by atoms with E-state index in [0.29, 0.717) is 10.8 Å². The molecule has 5 rings (SSSR count). The summed E-state index contributed by atoms with van der Waals surface area (Å²) in [6, 6.07) is 6.75. The summed E-state index contributed by atoms with van der Waals surface area (Å²) in [5.74, 6) is 2.39. The summed E-state index contributed by atoms with van der Waals surface area (Å²) < 4.78 is 13.8. The second-order valence-corrected chi connectivity index (χ2v) is 8.00. The third-order valence-corrected chi connectivity index (χ3v) is 6.51. The highest BCUT2D eigenvalue weighted by Crippen LogP contribution is 2.57. The molecule has 0 aromatic heterocycles. The zero-order valence-corrected chi connectivity index (χ0v) is 13.8. The van der Waals surface area contributed by atoms with Gasteiger partial charge in [0.05, 0.1) is 5.69 Å². The minimum Gasteiger partial charge on any atom is -0.346 e. The van der Waals surface area contributed by atoms with E-state index < -0.39 is 0 Å². The lowest BCUT2D eigenvalue weighted by Crippen LogP contribution is -2.60. The number of anilines is 1. The lowest BCUT2D eigenvalue weighted by atomic mass is 9.52. The van der Waals surface area contributed by atoms with Gasteiger partial charge >= 0.3 is 0 Å². The molecule has 0 atom stereocenters. The van der Waals surface area contributed by atoms with Crippen molar-refractivity contribution in [3.63, 3.8) is 0 Å². The van der Waals surface area contributed by atoms with Gasteiger partial charge in [0, 0.05) is 12.6 Å². The van der Waals surface area contributed by atoms with E-state index in [1.165, 1.54) is 44.6 Å². The Hall–Kier alpha value is -1.16. The predicted molar refractivity (Wildman–Crippen MR) is 91.3 cm³/mol. The molecule has 1 N–H and O–H groups in total. The summed E-state index contributed by atoms with van der Waals surface area (Å²) in [7, 11) is 2.10. The first-order valence-electron chi connectivity index (χ1n) is 8.35. The first kappa shape index (κ1) is 14.4. The number of hydrogen-bond acceptors (Lipinski definition) is 1. The van der Waals surface area contributed by atoms with Crippen molar-refractivity contribution in [3.05, 3.63) is 30.1 Å². The van der Waals surface area contributed by atoms with Crippen LogP contribution in [0.2, 0.25) is 0 Å². The molecule has 0 unspecified atom stereocenters. The van der Waals surface area contributed by atoms with Crippen molar-refractivity contribution in [3.8, 4) is 0 Å². The number of rotatable bonds is 2. The van der Waals surface area contributed by atoms with Crippen molar-refractivity contribution in [1.82, 2.24) is 4.90 Å². The van der Waals surface area contributed by atoms with E-state index in [0.717, 1.165) is 17.8 Å². The van der Waals surface area contributed by atoms with Crippen molar-refractivity contribution in [1.29, 1.82) is 0 Å². The Labute approximate surface area is 137 Å². The molecule has 4 bridgehead atoms. The smallest absolute Gasteiger partial charge is 0.173 e. The van der Waals surface area contributed by atoms with E-state index in [1.807, 2.05) is 6.07 Å². The van der Waals surface area contributed by atoms with Gasteiger partial charge in [0.25, 0.3) is 0 Å². The molecular formula is C18H23FN2S. The standard InChI is InChI=1S/C18H23FN2S/c1-21(17(22)20-16-5-3-2-4-15(16)19)18-9-12-6-13(10-18)8-14(7-12)11-18/h2-5,12-14H,6-11H2,1H3,(H,20,22). The van der Waals surface area contributed by atoms with E-state index in [-0.39, 0.29) is 11.4 Å². The zero-order valence-electron chi connectivity index (χ0n) is 13.0. The quantitative estimate of drug-likeness (QED) is 0.813. The average molecular weight is 318 g/mol. The van der Waals surface area contributed by atoms with Crippen molar-refractivity contribution >= 4 is 23.0 Å². The molecular weight excluding hydrogens is 295 g/mol. The second-order valence-electron chi connectivity index (χ2n) is 7.61. The van der Waals surface area contributed by atoms with E-state index in [2.05, 4.69) is 17.3 Å². The van der Waals surface area contributed by atoms with E-state index in [4.69, 9.17) is 12.2 Å². The van der Waals surface area contributed by atoms with Crippen LogP contribution in [0.25, 0.3) is 0 Å². The number of thiocarbonyl (C=S) groups is 1. The Balaban J connectivity index is 1.53. The largest absolute Gasteiger partial charge is 0.346 e. The van der Waals surface area contributed by atoms with Crippen LogP contribution in [-0.2, 0) is 0 Å². The third-order valence-electron chi connectivity index (χ3n) is 6.14. The summed E-state index contributed by atoms with van der Waals surface area (Å²) in [5, 5.41) is 3.78. The fraction of sp³-hybridized carbons (Fsp3) is 0.611.